The Balaban J connectivity index is 2.25. The van der Waals surface area contributed by atoms with Crippen molar-refractivity contribution >= 4 is 5.91 Å². The molecule has 0 saturated heterocycles. The van der Waals surface area contributed by atoms with Gasteiger partial charge in [0.25, 0.3) is 5.91 Å². The quantitative estimate of drug-likeness (QED) is 0.847. The van der Waals surface area contributed by atoms with Gasteiger partial charge in [0.15, 0.2) is 0 Å². The third-order valence-corrected chi connectivity index (χ3v) is 3.48. The highest BCUT2D eigenvalue weighted by Gasteiger charge is 2.24. The van der Waals surface area contributed by atoms with E-state index in [1.54, 1.807) is 25.0 Å². The van der Waals surface area contributed by atoms with Crippen molar-refractivity contribution in [2.24, 2.45) is 0 Å². The highest BCUT2D eigenvalue weighted by atomic mass is 16.5. The molecular formula is C16H20N2O3. The van der Waals surface area contributed by atoms with Crippen molar-refractivity contribution in [2.45, 2.75) is 26.8 Å². The molecule has 112 valence electrons. The van der Waals surface area contributed by atoms with Crippen LogP contribution in [0.1, 0.15) is 41.7 Å². The molecular weight excluding hydrogens is 268 g/mol. The molecule has 5 heteroatoms. The lowest BCUT2D eigenvalue weighted by atomic mass is 10.1. The van der Waals surface area contributed by atoms with Gasteiger partial charge in [-0.3, -0.25) is 4.79 Å². The number of hydrogen-bond acceptors (Lipinski definition) is 4. The van der Waals surface area contributed by atoms with Crippen molar-refractivity contribution in [1.82, 2.24) is 10.1 Å². The van der Waals surface area contributed by atoms with Crippen LogP contribution < -0.4 is 4.74 Å². The first-order valence-electron chi connectivity index (χ1n) is 6.95. The Hall–Kier alpha value is -2.30. The number of aryl methyl sites for hydroxylation is 1. The molecule has 0 spiro atoms. The summed E-state index contributed by atoms with van der Waals surface area (Å²) in [7, 11) is 1.63. The lowest BCUT2D eigenvalue weighted by molar-refractivity contribution is 0.0659. The minimum Gasteiger partial charge on any atom is -0.497 e. The summed E-state index contributed by atoms with van der Waals surface area (Å²) in [6.07, 6.45) is 0. The smallest absolute Gasteiger partial charge is 0.292 e. The summed E-state index contributed by atoms with van der Waals surface area (Å²) in [6, 6.07) is 9.29. The SMILES string of the molecule is CCN(C(=O)c1cc(C)no1)[C@H](C)c1cccc(OC)c1. The number of ether oxygens (including phenoxy) is 1. The molecule has 0 fully saturated rings. The van der Waals surface area contributed by atoms with Gasteiger partial charge in [-0.25, -0.2) is 0 Å². The lowest BCUT2D eigenvalue weighted by Crippen LogP contribution is -2.33. The minimum atomic E-state index is -0.159. The third kappa shape index (κ3) is 3.24. The van der Waals surface area contributed by atoms with E-state index in [1.807, 2.05) is 38.1 Å². The Bertz CT molecular complexity index is 621. The summed E-state index contributed by atoms with van der Waals surface area (Å²) in [6.45, 7) is 6.30. The third-order valence-electron chi connectivity index (χ3n) is 3.48. The molecule has 0 aliphatic rings. The monoisotopic (exact) mass is 288 g/mol. The van der Waals surface area contributed by atoms with Crippen LogP contribution in [0.15, 0.2) is 34.9 Å². The van der Waals surface area contributed by atoms with Crippen LogP contribution in [-0.2, 0) is 0 Å². The number of rotatable bonds is 5. The number of hydrogen-bond donors (Lipinski definition) is 0. The second kappa shape index (κ2) is 6.43. The maximum absolute atomic E-state index is 12.5. The minimum absolute atomic E-state index is 0.0805. The zero-order valence-electron chi connectivity index (χ0n) is 12.8. The van der Waals surface area contributed by atoms with E-state index in [0.29, 0.717) is 12.2 Å². The van der Waals surface area contributed by atoms with Gasteiger partial charge in [0.05, 0.1) is 18.8 Å². The molecule has 0 N–H and O–H groups in total. The number of aromatic nitrogens is 1. The summed E-state index contributed by atoms with van der Waals surface area (Å²) >= 11 is 0. The Labute approximate surface area is 124 Å². The number of nitrogens with zero attached hydrogens (tertiary/aromatic N) is 2. The maximum atomic E-state index is 12.5. The van der Waals surface area contributed by atoms with Crippen molar-refractivity contribution in [3.05, 3.63) is 47.3 Å². The molecule has 0 unspecified atom stereocenters. The van der Waals surface area contributed by atoms with E-state index in [2.05, 4.69) is 5.16 Å². The van der Waals surface area contributed by atoms with Gasteiger partial charge < -0.3 is 14.2 Å². The number of benzene rings is 1. The van der Waals surface area contributed by atoms with Crippen molar-refractivity contribution in [3.63, 3.8) is 0 Å². The molecule has 1 aromatic carbocycles. The first-order valence-corrected chi connectivity index (χ1v) is 6.95. The summed E-state index contributed by atoms with van der Waals surface area (Å²) in [5.41, 5.74) is 1.71. The maximum Gasteiger partial charge on any atom is 0.292 e. The molecule has 0 bridgehead atoms. The summed E-state index contributed by atoms with van der Waals surface area (Å²) < 4.78 is 10.3. The van der Waals surface area contributed by atoms with Crippen LogP contribution in [0.25, 0.3) is 0 Å². The fourth-order valence-electron chi connectivity index (χ4n) is 2.28. The Morgan fingerprint density at radius 2 is 2.19 bits per heavy atom. The number of methoxy groups -OCH3 is 1. The van der Waals surface area contributed by atoms with E-state index in [0.717, 1.165) is 11.3 Å². The molecule has 21 heavy (non-hydrogen) atoms. The van der Waals surface area contributed by atoms with Gasteiger partial charge in [-0.2, -0.15) is 0 Å². The summed E-state index contributed by atoms with van der Waals surface area (Å²) in [5, 5.41) is 3.77. The lowest BCUT2D eigenvalue weighted by Gasteiger charge is -2.27. The van der Waals surface area contributed by atoms with Crippen molar-refractivity contribution in [3.8, 4) is 5.75 Å². The molecule has 1 aromatic heterocycles. The predicted molar refractivity (Wildman–Crippen MR) is 79.4 cm³/mol. The molecule has 2 aromatic rings. The molecule has 1 amide bonds. The number of carbonyl (C=O) groups excluding carboxylic acids is 1. The number of carbonyl (C=O) groups is 1. The first kappa shape index (κ1) is 15.1. The molecule has 2 rings (SSSR count). The fraction of sp³-hybridized carbons (Fsp3) is 0.375. The van der Waals surface area contributed by atoms with Crippen molar-refractivity contribution in [2.75, 3.05) is 13.7 Å². The average molecular weight is 288 g/mol. The van der Waals surface area contributed by atoms with Gasteiger partial charge in [0, 0.05) is 12.6 Å². The van der Waals surface area contributed by atoms with E-state index < -0.39 is 0 Å². The molecule has 1 atom stereocenters. The normalized spacial score (nSPS) is 12.0. The van der Waals surface area contributed by atoms with Crippen LogP contribution in [0, 0.1) is 6.92 Å². The van der Waals surface area contributed by atoms with Gasteiger partial charge in [-0.1, -0.05) is 17.3 Å². The fourth-order valence-corrected chi connectivity index (χ4v) is 2.28. The van der Waals surface area contributed by atoms with E-state index in [1.165, 1.54) is 0 Å². The van der Waals surface area contributed by atoms with E-state index >= 15 is 0 Å². The zero-order chi connectivity index (χ0) is 15.4. The summed E-state index contributed by atoms with van der Waals surface area (Å²) in [4.78, 5) is 14.3. The van der Waals surface area contributed by atoms with E-state index in [-0.39, 0.29) is 17.7 Å². The number of amides is 1. The predicted octanol–water partition coefficient (Wildman–Crippen LogP) is 3.21. The van der Waals surface area contributed by atoms with Crippen LogP contribution in [0.4, 0.5) is 0 Å². The standard InChI is InChI=1S/C16H20N2O3/c1-5-18(16(19)15-9-11(2)17-21-15)12(3)13-7-6-8-14(10-13)20-4/h6-10,12H,5H2,1-4H3/t12-/m1/s1. The van der Waals surface area contributed by atoms with Gasteiger partial charge in [0.1, 0.15) is 5.75 Å². The van der Waals surface area contributed by atoms with Gasteiger partial charge in [0.2, 0.25) is 5.76 Å². The largest absolute Gasteiger partial charge is 0.497 e. The zero-order valence-corrected chi connectivity index (χ0v) is 12.8. The van der Waals surface area contributed by atoms with Crippen LogP contribution in [0.3, 0.4) is 0 Å². The van der Waals surface area contributed by atoms with Crippen LogP contribution >= 0.6 is 0 Å². The Morgan fingerprint density at radius 3 is 2.76 bits per heavy atom. The van der Waals surface area contributed by atoms with Gasteiger partial charge in [-0.15, -0.1) is 0 Å². The average Bonchev–Trinajstić information content (AvgIpc) is 2.94. The Kier molecular flexibility index (Phi) is 4.62. The van der Waals surface area contributed by atoms with Crippen LogP contribution in [-0.4, -0.2) is 29.6 Å². The second-order valence-corrected chi connectivity index (χ2v) is 4.88. The topological polar surface area (TPSA) is 55.6 Å². The van der Waals surface area contributed by atoms with Crippen molar-refractivity contribution < 1.29 is 14.1 Å². The molecule has 0 aliphatic heterocycles. The second-order valence-electron chi connectivity index (χ2n) is 4.88. The molecule has 1 heterocycles. The molecule has 0 aliphatic carbocycles. The van der Waals surface area contributed by atoms with E-state index in [9.17, 15) is 4.79 Å². The van der Waals surface area contributed by atoms with E-state index in [4.69, 9.17) is 9.26 Å². The van der Waals surface area contributed by atoms with Crippen LogP contribution in [0.2, 0.25) is 0 Å². The highest BCUT2D eigenvalue weighted by molar-refractivity contribution is 5.91. The first-order chi connectivity index (χ1) is 10.1. The van der Waals surface area contributed by atoms with Gasteiger partial charge in [-0.05, 0) is 38.5 Å². The molecule has 0 saturated carbocycles. The van der Waals surface area contributed by atoms with Crippen molar-refractivity contribution in [1.29, 1.82) is 0 Å². The highest BCUT2D eigenvalue weighted by Crippen LogP contribution is 2.25. The van der Waals surface area contributed by atoms with Crippen LogP contribution in [0.5, 0.6) is 5.75 Å². The Morgan fingerprint density at radius 1 is 1.43 bits per heavy atom. The summed E-state index contributed by atoms with van der Waals surface area (Å²) in [5.74, 6) is 0.885. The molecule has 5 nitrogen and oxygen atoms in total. The van der Waals surface area contributed by atoms with Gasteiger partial charge >= 0.3 is 0 Å². The molecule has 0 radical (unpaired) electrons.